The van der Waals surface area contributed by atoms with Gasteiger partial charge in [0.1, 0.15) is 0 Å². The van der Waals surface area contributed by atoms with Crippen molar-refractivity contribution < 1.29 is 0 Å². The van der Waals surface area contributed by atoms with E-state index >= 15 is 0 Å². The van der Waals surface area contributed by atoms with E-state index in [0.29, 0.717) is 14.5 Å². The summed E-state index contributed by atoms with van der Waals surface area (Å²) >= 11 is 0.312. The number of hydrogen-bond acceptors (Lipinski definition) is 0. The summed E-state index contributed by atoms with van der Waals surface area (Å²) in [5.74, 6) is 0. The predicted octanol–water partition coefficient (Wildman–Crippen LogP) is 6.36. The normalized spacial score (nSPS) is 13.5. The summed E-state index contributed by atoms with van der Waals surface area (Å²) in [7, 11) is 0. The van der Waals surface area contributed by atoms with Crippen LogP contribution in [-0.4, -0.2) is 27.9 Å². The van der Waals surface area contributed by atoms with Gasteiger partial charge in [0.15, 0.2) is 0 Å². The Bertz CT molecular complexity index is 2260. The standard InChI is InChI=1S/C46H42B2Se/c1-25-13-29(5)43-33(17-25)21-34-18-26(2)14-30(6)44(34)47(43)37-9-11-41-39(23-37)40-24-38(10-12-42(40)49-41)48-45-31(7)15-27(3)19-35(45)22-36-20-28(4)16-32(8)46(36)48/h9-20,23-24H,21-22H2,1-8H3. The van der Waals surface area contributed by atoms with E-state index in [1.807, 2.05) is 0 Å². The van der Waals surface area contributed by atoms with Crippen LogP contribution >= 0.6 is 0 Å². The molecule has 0 bridgehead atoms. The molecule has 0 fully saturated rings. The third-order valence-corrected chi connectivity index (χ3v) is 14.0. The Balaban J connectivity index is 1.27. The molecule has 0 saturated heterocycles. The van der Waals surface area contributed by atoms with Crippen LogP contribution < -0.4 is 32.8 Å². The van der Waals surface area contributed by atoms with Crippen molar-refractivity contribution in [3.05, 3.63) is 152 Å². The monoisotopic (exact) mass is 696 g/mol. The van der Waals surface area contributed by atoms with Crippen molar-refractivity contribution in [2.24, 2.45) is 0 Å². The maximum atomic E-state index is 2.58. The Morgan fingerprint density at radius 1 is 0.388 bits per heavy atom. The third-order valence-electron chi connectivity index (χ3n) is 11.6. The zero-order valence-electron chi connectivity index (χ0n) is 30.1. The van der Waals surface area contributed by atoms with Crippen molar-refractivity contribution in [2.45, 2.75) is 68.2 Å². The van der Waals surface area contributed by atoms with Gasteiger partial charge in [0.05, 0.1) is 0 Å². The molecule has 7 aromatic rings. The summed E-state index contributed by atoms with van der Waals surface area (Å²) in [5.41, 5.74) is 26.1. The van der Waals surface area contributed by atoms with Gasteiger partial charge in [0.2, 0.25) is 0 Å². The zero-order valence-corrected chi connectivity index (χ0v) is 31.8. The molecule has 9 rings (SSSR count). The molecule has 0 unspecified atom stereocenters. The fraction of sp³-hybridized carbons (Fsp3) is 0.217. The molecule has 0 atom stereocenters. The Hall–Kier alpha value is -4.03. The summed E-state index contributed by atoms with van der Waals surface area (Å²) in [6.45, 7) is 18.8. The first-order valence-electron chi connectivity index (χ1n) is 17.9. The Morgan fingerprint density at radius 3 is 1.00 bits per heavy atom. The van der Waals surface area contributed by atoms with Crippen LogP contribution in [0.5, 0.6) is 0 Å². The van der Waals surface area contributed by atoms with Crippen molar-refractivity contribution in [1.29, 1.82) is 0 Å². The number of aryl methyl sites for hydroxylation is 8. The van der Waals surface area contributed by atoms with Crippen LogP contribution in [0.4, 0.5) is 0 Å². The van der Waals surface area contributed by atoms with Crippen LogP contribution in [-0.2, 0) is 12.8 Å². The van der Waals surface area contributed by atoms with Crippen LogP contribution in [0.1, 0.15) is 66.8 Å². The molecule has 0 saturated carbocycles. The minimum absolute atomic E-state index is 0.249. The second-order valence-corrected chi connectivity index (χ2v) is 17.7. The van der Waals surface area contributed by atoms with E-state index in [1.54, 1.807) is 0 Å². The summed E-state index contributed by atoms with van der Waals surface area (Å²) in [5, 5.41) is 2.91. The van der Waals surface area contributed by atoms with Crippen molar-refractivity contribution in [2.75, 3.05) is 0 Å². The molecule has 0 N–H and O–H groups in total. The first-order chi connectivity index (χ1) is 23.5. The van der Waals surface area contributed by atoms with E-state index in [0.717, 1.165) is 12.8 Å². The fourth-order valence-electron chi connectivity index (χ4n) is 10.0. The summed E-state index contributed by atoms with van der Waals surface area (Å²) < 4.78 is 3.04. The SMILES string of the molecule is Cc1cc(C)c2c(c1)Cc1cc(C)cc(C)c1B2c1ccc2[se]c3ccc(B4c5c(C)cc(C)cc5Cc5cc(C)cc(C)c54)cc3c2c1. The third kappa shape index (κ3) is 4.88. The molecule has 0 amide bonds. The second kappa shape index (κ2) is 11.2. The van der Waals surface area contributed by atoms with Gasteiger partial charge < -0.3 is 0 Å². The van der Waals surface area contributed by atoms with E-state index in [2.05, 4.69) is 140 Å². The van der Waals surface area contributed by atoms with E-state index < -0.39 is 0 Å². The van der Waals surface area contributed by atoms with Crippen LogP contribution in [0.15, 0.2) is 84.9 Å². The molecule has 3 heteroatoms. The molecule has 1 aromatic heterocycles. The Kier molecular flexibility index (Phi) is 7.11. The quantitative estimate of drug-likeness (QED) is 0.185. The van der Waals surface area contributed by atoms with Gasteiger partial charge in [-0.3, -0.25) is 0 Å². The summed E-state index contributed by atoms with van der Waals surface area (Å²) in [6, 6.07) is 34.4. The molecule has 2 aliphatic heterocycles. The van der Waals surface area contributed by atoms with Crippen LogP contribution in [0.25, 0.3) is 19.3 Å². The topological polar surface area (TPSA) is 0 Å². The van der Waals surface area contributed by atoms with Crippen molar-refractivity contribution in [1.82, 2.24) is 0 Å². The van der Waals surface area contributed by atoms with Gasteiger partial charge in [0, 0.05) is 0 Å². The van der Waals surface area contributed by atoms with Gasteiger partial charge in [-0.2, -0.15) is 0 Å². The van der Waals surface area contributed by atoms with Crippen LogP contribution in [0.3, 0.4) is 0 Å². The van der Waals surface area contributed by atoms with Crippen LogP contribution in [0, 0.1) is 55.4 Å². The molecule has 2 aliphatic rings. The van der Waals surface area contributed by atoms with E-state index in [1.165, 1.54) is 119 Å². The fourth-order valence-corrected chi connectivity index (χ4v) is 12.3. The van der Waals surface area contributed by atoms with Crippen molar-refractivity contribution in [3.63, 3.8) is 0 Å². The molecule has 0 spiro atoms. The number of benzene rings is 6. The average molecular weight is 695 g/mol. The maximum absolute atomic E-state index is 2.58. The minimum atomic E-state index is 0.249. The molecule has 0 aliphatic carbocycles. The zero-order chi connectivity index (χ0) is 33.9. The molecule has 49 heavy (non-hydrogen) atoms. The van der Waals surface area contributed by atoms with Gasteiger partial charge in [-0.25, -0.2) is 0 Å². The Morgan fingerprint density at radius 2 is 0.694 bits per heavy atom. The van der Waals surface area contributed by atoms with Gasteiger partial charge in [-0.1, -0.05) is 0 Å². The van der Waals surface area contributed by atoms with Crippen LogP contribution in [0.2, 0.25) is 0 Å². The van der Waals surface area contributed by atoms with Crippen molar-refractivity contribution >= 4 is 80.0 Å². The molecule has 0 radical (unpaired) electrons. The molecule has 238 valence electrons. The molecule has 6 aromatic carbocycles. The van der Waals surface area contributed by atoms with Gasteiger partial charge in [-0.15, -0.1) is 0 Å². The Labute approximate surface area is 298 Å². The summed E-state index contributed by atoms with van der Waals surface area (Å²) in [6.07, 6.45) is 2.04. The predicted molar refractivity (Wildman–Crippen MR) is 217 cm³/mol. The number of hydrogen-bond donors (Lipinski definition) is 0. The summed E-state index contributed by atoms with van der Waals surface area (Å²) in [4.78, 5) is 0. The van der Waals surface area contributed by atoms with Gasteiger partial charge in [-0.05, 0) is 0 Å². The van der Waals surface area contributed by atoms with Crippen molar-refractivity contribution in [3.8, 4) is 0 Å². The van der Waals surface area contributed by atoms with E-state index in [4.69, 9.17) is 0 Å². The number of fused-ring (bicyclic) bond motifs is 7. The van der Waals surface area contributed by atoms with Gasteiger partial charge in [0.25, 0.3) is 0 Å². The van der Waals surface area contributed by atoms with E-state index in [9.17, 15) is 0 Å². The van der Waals surface area contributed by atoms with Gasteiger partial charge >= 0.3 is 300 Å². The molecular weight excluding hydrogens is 653 g/mol. The average Bonchev–Trinajstić information content (AvgIpc) is 3.39. The molecule has 3 heterocycles. The second-order valence-electron chi connectivity index (χ2n) is 15.5. The first kappa shape index (κ1) is 31.0. The number of rotatable bonds is 2. The molecular formula is C46H42B2Se. The molecule has 0 nitrogen and oxygen atoms in total. The van der Waals surface area contributed by atoms with E-state index in [-0.39, 0.29) is 13.4 Å². The first-order valence-corrected chi connectivity index (χ1v) is 19.6.